The molecule has 4 nitrogen and oxygen atoms in total. The first kappa shape index (κ1) is 14.6. The summed E-state index contributed by atoms with van der Waals surface area (Å²) in [5.41, 5.74) is -1.72. The van der Waals surface area contributed by atoms with Crippen LogP contribution in [0.1, 0.15) is 12.0 Å². The SMILES string of the molecule is O=C(NCc1ccc(O)cc1)C1(C(F)(F)F)CCNC1. The quantitative estimate of drug-likeness (QED) is 0.791. The van der Waals surface area contributed by atoms with Crippen molar-refractivity contribution in [2.45, 2.75) is 19.1 Å². The Morgan fingerprint density at radius 1 is 1.35 bits per heavy atom. The van der Waals surface area contributed by atoms with E-state index >= 15 is 0 Å². The van der Waals surface area contributed by atoms with Crippen molar-refractivity contribution in [2.24, 2.45) is 5.41 Å². The van der Waals surface area contributed by atoms with E-state index in [1.54, 1.807) is 12.1 Å². The van der Waals surface area contributed by atoms with Crippen LogP contribution in [0.2, 0.25) is 0 Å². The summed E-state index contributed by atoms with van der Waals surface area (Å²) in [4.78, 5) is 11.9. The van der Waals surface area contributed by atoms with Gasteiger partial charge in [0, 0.05) is 13.1 Å². The molecular formula is C13H15F3N2O2. The maximum Gasteiger partial charge on any atom is 0.404 e. The zero-order valence-electron chi connectivity index (χ0n) is 10.6. The second-order valence-electron chi connectivity index (χ2n) is 4.86. The van der Waals surface area contributed by atoms with Crippen LogP contribution in [0.15, 0.2) is 24.3 Å². The first-order chi connectivity index (χ1) is 9.35. The van der Waals surface area contributed by atoms with Gasteiger partial charge in [-0.05, 0) is 30.7 Å². The van der Waals surface area contributed by atoms with Crippen molar-refractivity contribution in [2.75, 3.05) is 13.1 Å². The van der Waals surface area contributed by atoms with Crippen LogP contribution in [-0.2, 0) is 11.3 Å². The lowest BCUT2D eigenvalue weighted by molar-refractivity contribution is -0.216. The highest BCUT2D eigenvalue weighted by atomic mass is 19.4. The Bertz CT molecular complexity index is 479. The summed E-state index contributed by atoms with van der Waals surface area (Å²) in [5, 5.41) is 14.0. The molecular weight excluding hydrogens is 273 g/mol. The van der Waals surface area contributed by atoms with E-state index in [0.29, 0.717) is 5.56 Å². The average Bonchev–Trinajstić information content (AvgIpc) is 2.88. The van der Waals surface area contributed by atoms with E-state index in [0.717, 1.165) is 0 Å². The van der Waals surface area contributed by atoms with E-state index in [2.05, 4.69) is 10.6 Å². The van der Waals surface area contributed by atoms with Gasteiger partial charge < -0.3 is 15.7 Å². The molecule has 7 heteroatoms. The Hall–Kier alpha value is -1.76. The van der Waals surface area contributed by atoms with Crippen molar-refractivity contribution in [3.05, 3.63) is 29.8 Å². The Labute approximate surface area is 114 Å². The summed E-state index contributed by atoms with van der Waals surface area (Å²) in [5.74, 6) is -0.949. The third kappa shape index (κ3) is 2.72. The van der Waals surface area contributed by atoms with Gasteiger partial charge in [-0.25, -0.2) is 0 Å². The van der Waals surface area contributed by atoms with E-state index in [4.69, 9.17) is 5.11 Å². The molecule has 1 atom stereocenters. The standard InChI is InChI=1S/C13H15F3N2O2/c14-13(15,16)12(5-6-17-8-12)11(20)18-7-9-1-3-10(19)4-2-9/h1-4,17,19H,5-8H2,(H,18,20). The first-order valence-electron chi connectivity index (χ1n) is 6.19. The molecule has 0 radical (unpaired) electrons. The van der Waals surface area contributed by atoms with Gasteiger partial charge in [0.1, 0.15) is 5.75 Å². The fourth-order valence-electron chi connectivity index (χ4n) is 2.22. The van der Waals surface area contributed by atoms with E-state index in [1.807, 2.05) is 0 Å². The number of aromatic hydroxyl groups is 1. The van der Waals surface area contributed by atoms with E-state index in [9.17, 15) is 18.0 Å². The van der Waals surface area contributed by atoms with Gasteiger partial charge in [-0.2, -0.15) is 13.2 Å². The van der Waals surface area contributed by atoms with Crippen LogP contribution in [0.4, 0.5) is 13.2 Å². The summed E-state index contributed by atoms with van der Waals surface area (Å²) in [6.45, 7) is -0.221. The molecule has 20 heavy (non-hydrogen) atoms. The Morgan fingerprint density at radius 2 is 2.00 bits per heavy atom. The number of benzene rings is 1. The lowest BCUT2D eigenvalue weighted by Gasteiger charge is -2.29. The number of hydrogen-bond donors (Lipinski definition) is 3. The number of alkyl halides is 3. The molecule has 1 aromatic rings. The predicted octanol–water partition coefficient (Wildman–Crippen LogP) is 1.55. The highest BCUT2D eigenvalue weighted by Gasteiger charge is 2.61. The van der Waals surface area contributed by atoms with Crippen LogP contribution >= 0.6 is 0 Å². The molecule has 1 fully saturated rings. The number of carbonyl (C=O) groups is 1. The molecule has 1 aliphatic rings. The molecule has 0 saturated carbocycles. The summed E-state index contributed by atoms with van der Waals surface area (Å²) in [7, 11) is 0. The van der Waals surface area contributed by atoms with Gasteiger partial charge in [0.05, 0.1) is 0 Å². The molecule has 1 heterocycles. The smallest absolute Gasteiger partial charge is 0.404 e. The van der Waals surface area contributed by atoms with Gasteiger partial charge in [-0.3, -0.25) is 4.79 Å². The molecule has 0 bridgehead atoms. The summed E-state index contributed by atoms with van der Waals surface area (Å²) in [6, 6.07) is 5.92. The molecule has 1 aliphatic heterocycles. The Morgan fingerprint density at radius 3 is 2.50 bits per heavy atom. The molecule has 110 valence electrons. The number of phenols is 1. The van der Waals surface area contributed by atoms with Crippen LogP contribution in [0.5, 0.6) is 5.75 Å². The van der Waals surface area contributed by atoms with Gasteiger partial charge in [0.25, 0.3) is 0 Å². The van der Waals surface area contributed by atoms with Crippen molar-refractivity contribution in [3.8, 4) is 5.75 Å². The average molecular weight is 288 g/mol. The third-order valence-corrected chi connectivity index (χ3v) is 3.52. The van der Waals surface area contributed by atoms with Crippen LogP contribution < -0.4 is 10.6 Å². The molecule has 1 aromatic carbocycles. The van der Waals surface area contributed by atoms with Gasteiger partial charge in [-0.1, -0.05) is 12.1 Å². The van der Waals surface area contributed by atoms with Gasteiger partial charge >= 0.3 is 6.18 Å². The molecule has 1 saturated heterocycles. The zero-order valence-corrected chi connectivity index (χ0v) is 10.6. The molecule has 0 aromatic heterocycles. The van der Waals surface area contributed by atoms with Crippen LogP contribution in [0.3, 0.4) is 0 Å². The van der Waals surface area contributed by atoms with Crippen LogP contribution in [0.25, 0.3) is 0 Å². The summed E-state index contributed by atoms with van der Waals surface area (Å²) >= 11 is 0. The minimum atomic E-state index is -4.57. The molecule has 0 spiro atoms. The van der Waals surface area contributed by atoms with Gasteiger partial charge in [0.2, 0.25) is 5.91 Å². The zero-order chi connectivity index (χ0) is 14.8. The lowest BCUT2D eigenvalue weighted by atomic mass is 9.85. The molecule has 0 aliphatic carbocycles. The number of carbonyl (C=O) groups excluding carboxylic acids is 1. The Kier molecular flexibility index (Phi) is 3.89. The predicted molar refractivity (Wildman–Crippen MR) is 65.9 cm³/mol. The van der Waals surface area contributed by atoms with Crippen molar-refractivity contribution in [3.63, 3.8) is 0 Å². The maximum absolute atomic E-state index is 13.1. The van der Waals surface area contributed by atoms with Crippen molar-refractivity contribution >= 4 is 5.91 Å². The number of nitrogens with one attached hydrogen (secondary N) is 2. The van der Waals surface area contributed by atoms with E-state index in [1.165, 1.54) is 12.1 Å². The fraction of sp³-hybridized carbons (Fsp3) is 0.462. The topological polar surface area (TPSA) is 61.4 Å². The van der Waals surface area contributed by atoms with Crippen LogP contribution in [-0.4, -0.2) is 30.3 Å². The number of phenolic OH excluding ortho intramolecular Hbond substituents is 1. The van der Waals surface area contributed by atoms with Crippen LogP contribution in [0, 0.1) is 5.41 Å². The number of hydrogen-bond acceptors (Lipinski definition) is 3. The molecule has 2 rings (SSSR count). The molecule has 3 N–H and O–H groups in total. The lowest BCUT2D eigenvalue weighted by Crippen LogP contribution is -2.52. The highest BCUT2D eigenvalue weighted by molar-refractivity contribution is 5.84. The fourth-order valence-corrected chi connectivity index (χ4v) is 2.22. The highest BCUT2D eigenvalue weighted by Crippen LogP contribution is 2.43. The summed E-state index contributed by atoms with van der Waals surface area (Å²) < 4.78 is 39.3. The first-order valence-corrected chi connectivity index (χ1v) is 6.19. The minimum Gasteiger partial charge on any atom is -0.508 e. The monoisotopic (exact) mass is 288 g/mol. The van der Waals surface area contributed by atoms with Gasteiger partial charge in [0.15, 0.2) is 5.41 Å². The van der Waals surface area contributed by atoms with Crippen molar-refractivity contribution < 1.29 is 23.1 Å². The molecule has 1 unspecified atom stereocenters. The largest absolute Gasteiger partial charge is 0.508 e. The van der Waals surface area contributed by atoms with E-state index < -0.39 is 24.0 Å². The number of rotatable bonds is 3. The third-order valence-electron chi connectivity index (χ3n) is 3.52. The minimum absolute atomic E-state index is 0.00303. The summed E-state index contributed by atoms with van der Waals surface area (Å²) in [6.07, 6.45) is -4.83. The normalized spacial score (nSPS) is 22.8. The second-order valence-corrected chi connectivity index (χ2v) is 4.86. The van der Waals surface area contributed by atoms with Gasteiger partial charge in [-0.15, -0.1) is 0 Å². The number of amides is 1. The molecule has 1 amide bonds. The van der Waals surface area contributed by atoms with Crippen molar-refractivity contribution in [1.29, 1.82) is 0 Å². The number of halogens is 3. The Balaban J connectivity index is 2.05. The van der Waals surface area contributed by atoms with E-state index in [-0.39, 0.29) is 25.3 Å². The maximum atomic E-state index is 13.1. The van der Waals surface area contributed by atoms with Crippen molar-refractivity contribution in [1.82, 2.24) is 10.6 Å². The second kappa shape index (κ2) is 5.32.